The highest BCUT2D eigenvalue weighted by Gasteiger charge is 2.02. The van der Waals surface area contributed by atoms with E-state index in [4.69, 9.17) is 11.6 Å². The van der Waals surface area contributed by atoms with Crippen molar-refractivity contribution in [2.45, 2.75) is 20.3 Å². The second-order valence-corrected chi connectivity index (χ2v) is 4.20. The molecule has 0 fully saturated rings. The van der Waals surface area contributed by atoms with Gasteiger partial charge in [0.05, 0.1) is 0 Å². The molecular weight excluding hydrogens is 241 g/mol. The van der Waals surface area contributed by atoms with Crippen LogP contribution in [0.4, 0.5) is 4.39 Å². The molecule has 17 heavy (non-hydrogen) atoms. The van der Waals surface area contributed by atoms with Crippen LogP contribution in [0.2, 0.25) is 5.02 Å². The molecule has 1 aromatic rings. The van der Waals surface area contributed by atoms with Crippen LogP contribution >= 0.6 is 11.6 Å². The number of halogens is 2. The van der Waals surface area contributed by atoms with E-state index in [1.54, 1.807) is 12.1 Å². The molecule has 0 saturated heterocycles. The van der Waals surface area contributed by atoms with Crippen LogP contribution < -0.4 is 5.32 Å². The summed E-state index contributed by atoms with van der Waals surface area (Å²) in [6.45, 7) is 3.85. The molecule has 1 N–H and O–H groups in total. The van der Waals surface area contributed by atoms with Crippen LogP contribution in [0.15, 0.2) is 18.2 Å². The average molecular weight is 256 g/mol. The van der Waals surface area contributed by atoms with Crippen molar-refractivity contribution < 1.29 is 9.18 Å². The van der Waals surface area contributed by atoms with Crippen LogP contribution in [-0.4, -0.2) is 12.5 Å². The summed E-state index contributed by atoms with van der Waals surface area (Å²) in [6.07, 6.45) is 4.18. The van der Waals surface area contributed by atoms with Gasteiger partial charge in [0.15, 0.2) is 0 Å². The highest BCUT2D eigenvalue weighted by molar-refractivity contribution is 6.31. The monoisotopic (exact) mass is 255 g/mol. The fourth-order valence-electron chi connectivity index (χ4n) is 1.35. The molecule has 0 saturated carbocycles. The number of hydrogen-bond acceptors (Lipinski definition) is 1. The Morgan fingerprint density at radius 2 is 2.24 bits per heavy atom. The smallest absolute Gasteiger partial charge is 0.216 e. The minimum atomic E-state index is -0.337. The molecule has 1 amide bonds. The summed E-state index contributed by atoms with van der Waals surface area (Å²) in [5.74, 6) is -0.400. The van der Waals surface area contributed by atoms with Crippen LogP contribution in [0, 0.1) is 12.7 Å². The van der Waals surface area contributed by atoms with Gasteiger partial charge in [-0.25, -0.2) is 4.39 Å². The van der Waals surface area contributed by atoms with Crippen molar-refractivity contribution in [3.05, 3.63) is 40.2 Å². The summed E-state index contributed by atoms with van der Waals surface area (Å²) in [4.78, 5) is 10.6. The Kier molecular flexibility index (Phi) is 5.16. The predicted molar refractivity (Wildman–Crippen MR) is 68.5 cm³/mol. The van der Waals surface area contributed by atoms with E-state index in [0.29, 0.717) is 23.6 Å². The topological polar surface area (TPSA) is 29.1 Å². The average Bonchev–Trinajstić information content (AvgIpc) is 2.24. The summed E-state index contributed by atoms with van der Waals surface area (Å²) < 4.78 is 13.5. The number of benzene rings is 1. The minimum absolute atomic E-state index is 0.0630. The lowest BCUT2D eigenvalue weighted by atomic mass is 10.1. The predicted octanol–water partition coefficient (Wildman–Crippen LogP) is 3.33. The number of amides is 1. The second kappa shape index (κ2) is 6.40. The van der Waals surface area contributed by atoms with Crippen molar-refractivity contribution in [2.24, 2.45) is 0 Å². The Bertz CT molecular complexity index is 443. The molecule has 92 valence electrons. The van der Waals surface area contributed by atoms with E-state index in [1.165, 1.54) is 13.0 Å². The van der Waals surface area contributed by atoms with Gasteiger partial charge in [-0.15, -0.1) is 0 Å². The number of aryl methyl sites for hydroxylation is 1. The Morgan fingerprint density at radius 3 is 2.88 bits per heavy atom. The van der Waals surface area contributed by atoms with E-state index in [-0.39, 0.29) is 11.7 Å². The van der Waals surface area contributed by atoms with Gasteiger partial charge in [-0.1, -0.05) is 23.8 Å². The molecule has 1 rings (SSSR count). The first-order chi connectivity index (χ1) is 8.00. The lowest BCUT2D eigenvalue weighted by molar-refractivity contribution is -0.118. The zero-order valence-corrected chi connectivity index (χ0v) is 10.6. The van der Waals surface area contributed by atoms with Gasteiger partial charge >= 0.3 is 0 Å². The molecule has 0 aliphatic heterocycles. The molecule has 0 aromatic heterocycles. The fourth-order valence-corrected chi connectivity index (χ4v) is 1.50. The maximum absolute atomic E-state index is 13.5. The number of carbonyl (C=O) groups is 1. The summed E-state index contributed by atoms with van der Waals surface area (Å²) in [6, 6.07) is 3.01. The van der Waals surface area contributed by atoms with Crippen LogP contribution in [0.25, 0.3) is 6.08 Å². The van der Waals surface area contributed by atoms with Gasteiger partial charge in [0.2, 0.25) is 5.91 Å². The highest BCUT2D eigenvalue weighted by Crippen LogP contribution is 2.20. The largest absolute Gasteiger partial charge is 0.356 e. The van der Waals surface area contributed by atoms with Gasteiger partial charge in [-0.05, 0) is 31.0 Å². The molecule has 2 nitrogen and oxygen atoms in total. The zero-order chi connectivity index (χ0) is 12.8. The normalized spacial score (nSPS) is 10.8. The van der Waals surface area contributed by atoms with Crippen LogP contribution in [-0.2, 0) is 4.79 Å². The molecule has 0 radical (unpaired) electrons. The van der Waals surface area contributed by atoms with E-state index in [1.807, 2.05) is 13.0 Å². The van der Waals surface area contributed by atoms with E-state index in [2.05, 4.69) is 5.32 Å². The third kappa shape index (κ3) is 4.57. The Labute approximate surface area is 105 Å². The van der Waals surface area contributed by atoms with E-state index in [0.717, 1.165) is 5.56 Å². The van der Waals surface area contributed by atoms with Crippen molar-refractivity contribution in [3.63, 3.8) is 0 Å². The quantitative estimate of drug-likeness (QED) is 0.822. The molecule has 0 aliphatic rings. The molecule has 0 spiro atoms. The molecule has 4 heteroatoms. The van der Waals surface area contributed by atoms with Gasteiger partial charge < -0.3 is 5.32 Å². The fraction of sp³-hybridized carbons (Fsp3) is 0.308. The molecule has 0 heterocycles. The Morgan fingerprint density at radius 1 is 1.53 bits per heavy atom. The van der Waals surface area contributed by atoms with Gasteiger partial charge in [0.1, 0.15) is 5.82 Å². The van der Waals surface area contributed by atoms with Crippen LogP contribution in [0.5, 0.6) is 0 Å². The molecule has 0 unspecified atom stereocenters. The number of nitrogens with one attached hydrogen (secondary N) is 1. The van der Waals surface area contributed by atoms with Gasteiger partial charge in [-0.2, -0.15) is 0 Å². The van der Waals surface area contributed by atoms with Crippen molar-refractivity contribution >= 4 is 23.6 Å². The summed E-state index contributed by atoms with van der Waals surface area (Å²) in [7, 11) is 0. The number of rotatable bonds is 4. The van der Waals surface area contributed by atoms with Gasteiger partial charge in [-0.3, -0.25) is 4.79 Å². The zero-order valence-electron chi connectivity index (χ0n) is 9.89. The van der Waals surface area contributed by atoms with Crippen LogP contribution in [0.3, 0.4) is 0 Å². The first-order valence-corrected chi connectivity index (χ1v) is 5.75. The Balaban J connectivity index is 2.59. The lowest BCUT2D eigenvalue weighted by Crippen LogP contribution is -2.20. The van der Waals surface area contributed by atoms with E-state index in [9.17, 15) is 9.18 Å². The standard InChI is InChI=1S/C13H15ClFNO/c1-9-7-11(13(15)8-12(9)14)5-3-4-6-16-10(2)17/h3,5,7-8H,4,6H2,1-2H3,(H,16,17). The second-order valence-electron chi connectivity index (χ2n) is 3.80. The first kappa shape index (κ1) is 13.7. The highest BCUT2D eigenvalue weighted by atomic mass is 35.5. The van der Waals surface area contributed by atoms with Gasteiger partial charge in [0.25, 0.3) is 0 Å². The van der Waals surface area contributed by atoms with E-state index >= 15 is 0 Å². The molecule has 0 aliphatic carbocycles. The molecular formula is C13H15ClFNO. The van der Waals surface area contributed by atoms with Crippen LogP contribution in [0.1, 0.15) is 24.5 Å². The molecule has 0 atom stereocenters. The SMILES string of the molecule is CC(=O)NCCC=Cc1cc(C)c(Cl)cc1F. The van der Waals surface area contributed by atoms with Crippen molar-refractivity contribution in [2.75, 3.05) is 6.54 Å². The molecule has 1 aromatic carbocycles. The van der Waals surface area contributed by atoms with E-state index < -0.39 is 0 Å². The Hall–Kier alpha value is -1.35. The molecule has 0 bridgehead atoms. The maximum Gasteiger partial charge on any atom is 0.216 e. The summed E-state index contributed by atoms with van der Waals surface area (Å²) >= 11 is 5.79. The lowest BCUT2D eigenvalue weighted by Gasteiger charge is -2.02. The first-order valence-electron chi connectivity index (χ1n) is 5.37. The van der Waals surface area contributed by atoms with Gasteiger partial charge in [0, 0.05) is 24.1 Å². The van der Waals surface area contributed by atoms with Crippen molar-refractivity contribution in [3.8, 4) is 0 Å². The van der Waals surface area contributed by atoms with Crippen molar-refractivity contribution in [1.82, 2.24) is 5.32 Å². The minimum Gasteiger partial charge on any atom is -0.356 e. The number of hydrogen-bond donors (Lipinski definition) is 1. The third-order valence-electron chi connectivity index (χ3n) is 2.26. The maximum atomic E-state index is 13.5. The van der Waals surface area contributed by atoms with Crippen molar-refractivity contribution in [1.29, 1.82) is 0 Å². The third-order valence-corrected chi connectivity index (χ3v) is 2.67. The summed E-state index contributed by atoms with van der Waals surface area (Å²) in [5, 5.41) is 3.09. The summed E-state index contributed by atoms with van der Waals surface area (Å²) in [5.41, 5.74) is 1.35. The number of carbonyl (C=O) groups excluding carboxylic acids is 1.